The number of fused-ring (bicyclic) bond motifs is 1. The Hall–Kier alpha value is -1.62. The van der Waals surface area contributed by atoms with Gasteiger partial charge in [0.25, 0.3) is 0 Å². The van der Waals surface area contributed by atoms with Crippen molar-refractivity contribution in [2.24, 2.45) is 0 Å². The Kier molecular flexibility index (Phi) is 5.56. The molecular formula is C16H27N5. The van der Waals surface area contributed by atoms with E-state index in [0.717, 1.165) is 36.5 Å². The molecule has 21 heavy (non-hydrogen) atoms. The van der Waals surface area contributed by atoms with Gasteiger partial charge in [-0.2, -0.15) is 9.61 Å². The van der Waals surface area contributed by atoms with E-state index in [2.05, 4.69) is 54.3 Å². The average Bonchev–Trinajstić information content (AvgIpc) is 2.91. The minimum atomic E-state index is 0.531. The lowest BCUT2D eigenvalue weighted by molar-refractivity contribution is 0.288. The van der Waals surface area contributed by atoms with E-state index in [9.17, 15) is 0 Å². The Balaban J connectivity index is 2.18. The molecule has 5 heteroatoms. The number of hydrogen-bond donors (Lipinski definition) is 1. The van der Waals surface area contributed by atoms with Crippen LogP contribution in [0.15, 0.2) is 18.3 Å². The lowest BCUT2D eigenvalue weighted by atomic mass is 10.1. The number of aryl methyl sites for hydroxylation is 1. The van der Waals surface area contributed by atoms with Crippen LogP contribution in [0.2, 0.25) is 0 Å². The van der Waals surface area contributed by atoms with Gasteiger partial charge in [0.1, 0.15) is 5.82 Å². The molecule has 5 nitrogen and oxygen atoms in total. The van der Waals surface area contributed by atoms with Crippen LogP contribution in [0, 0.1) is 0 Å². The maximum absolute atomic E-state index is 4.63. The van der Waals surface area contributed by atoms with Crippen LogP contribution in [0.3, 0.4) is 0 Å². The number of rotatable bonds is 8. The standard InChI is InChI=1S/C16H27N5/c1-5-7-13-11-16(21-15(19-13)9-10-18-21)17-12-14(8-6-2)20(3)4/h9-11,14,17H,5-8,12H2,1-4H3/t14-/m0/s1. The SMILES string of the molecule is CCCc1cc(NC[C@H](CCC)N(C)C)n2nccc2n1. The van der Waals surface area contributed by atoms with Gasteiger partial charge in [-0.1, -0.05) is 26.7 Å². The number of likely N-dealkylation sites (N-methyl/N-ethyl adjacent to an activating group) is 1. The van der Waals surface area contributed by atoms with E-state index in [1.807, 2.05) is 10.6 Å². The van der Waals surface area contributed by atoms with Crippen molar-refractivity contribution in [3.63, 3.8) is 0 Å². The van der Waals surface area contributed by atoms with Gasteiger partial charge in [-0.3, -0.25) is 0 Å². The van der Waals surface area contributed by atoms with E-state index >= 15 is 0 Å². The van der Waals surface area contributed by atoms with E-state index < -0.39 is 0 Å². The maximum Gasteiger partial charge on any atom is 0.157 e. The van der Waals surface area contributed by atoms with Gasteiger partial charge in [0.05, 0.1) is 6.20 Å². The normalized spacial score (nSPS) is 13.0. The highest BCUT2D eigenvalue weighted by atomic mass is 15.3. The summed E-state index contributed by atoms with van der Waals surface area (Å²) >= 11 is 0. The third kappa shape index (κ3) is 3.94. The first-order chi connectivity index (χ1) is 10.2. The van der Waals surface area contributed by atoms with Crippen LogP contribution >= 0.6 is 0 Å². The van der Waals surface area contributed by atoms with E-state index in [0.29, 0.717) is 6.04 Å². The molecule has 1 atom stereocenters. The van der Waals surface area contributed by atoms with Crippen molar-refractivity contribution in [2.45, 2.75) is 45.6 Å². The summed E-state index contributed by atoms with van der Waals surface area (Å²) < 4.78 is 1.89. The van der Waals surface area contributed by atoms with E-state index in [1.54, 1.807) is 6.20 Å². The molecule has 0 unspecified atom stereocenters. The third-order valence-corrected chi connectivity index (χ3v) is 3.79. The number of aromatic nitrogens is 3. The van der Waals surface area contributed by atoms with Crippen LogP contribution in [0.5, 0.6) is 0 Å². The van der Waals surface area contributed by atoms with Gasteiger partial charge in [-0.05, 0) is 26.9 Å². The molecule has 0 aliphatic heterocycles. The Morgan fingerprint density at radius 1 is 1.29 bits per heavy atom. The summed E-state index contributed by atoms with van der Waals surface area (Å²) in [6, 6.07) is 4.62. The second kappa shape index (κ2) is 7.41. The molecular weight excluding hydrogens is 262 g/mol. The second-order valence-electron chi connectivity index (χ2n) is 5.77. The zero-order valence-electron chi connectivity index (χ0n) is 13.6. The highest BCUT2D eigenvalue weighted by molar-refractivity contribution is 5.49. The number of hydrogen-bond acceptors (Lipinski definition) is 4. The summed E-state index contributed by atoms with van der Waals surface area (Å²) in [6.45, 7) is 5.33. The number of anilines is 1. The highest BCUT2D eigenvalue weighted by Gasteiger charge is 2.12. The topological polar surface area (TPSA) is 45.5 Å². The first-order valence-corrected chi connectivity index (χ1v) is 7.89. The Morgan fingerprint density at radius 3 is 2.76 bits per heavy atom. The lowest BCUT2D eigenvalue weighted by Gasteiger charge is -2.24. The van der Waals surface area contributed by atoms with Gasteiger partial charge >= 0.3 is 0 Å². The second-order valence-corrected chi connectivity index (χ2v) is 5.77. The first-order valence-electron chi connectivity index (χ1n) is 7.89. The van der Waals surface area contributed by atoms with Gasteiger partial charge in [0.15, 0.2) is 5.65 Å². The minimum Gasteiger partial charge on any atom is -0.368 e. The summed E-state index contributed by atoms with van der Waals surface area (Å²) in [6.07, 6.45) is 6.29. The summed E-state index contributed by atoms with van der Waals surface area (Å²) in [4.78, 5) is 6.92. The maximum atomic E-state index is 4.63. The van der Waals surface area contributed by atoms with Crippen molar-refractivity contribution in [1.29, 1.82) is 0 Å². The summed E-state index contributed by atoms with van der Waals surface area (Å²) in [5.41, 5.74) is 2.05. The van der Waals surface area contributed by atoms with Gasteiger partial charge in [-0.25, -0.2) is 4.98 Å². The van der Waals surface area contributed by atoms with Crippen molar-refractivity contribution in [2.75, 3.05) is 26.0 Å². The molecule has 0 radical (unpaired) electrons. The van der Waals surface area contributed by atoms with Crippen LogP contribution in [0.1, 0.15) is 38.8 Å². The predicted octanol–water partition coefficient (Wildman–Crippen LogP) is 2.82. The zero-order chi connectivity index (χ0) is 15.2. The van der Waals surface area contributed by atoms with Crippen LogP contribution in [0.25, 0.3) is 5.65 Å². The predicted molar refractivity (Wildman–Crippen MR) is 87.9 cm³/mol. The fraction of sp³-hybridized carbons (Fsp3) is 0.625. The van der Waals surface area contributed by atoms with Crippen LogP contribution in [0.4, 0.5) is 5.82 Å². The molecule has 116 valence electrons. The average molecular weight is 289 g/mol. The molecule has 1 N–H and O–H groups in total. The molecule has 2 aromatic rings. The molecule has 2 aromatic heterocycles. The molecule has 0 aliphatic carbocycles. The van der Waals surface area contributed by atoms with Gasteiger partial charge in [0.2, 0.25) is 0 Å². The lowest BCUT2D eigenvalue weighted by Crippen LogP contribution is -2.34. The fourth-order valence-corrected chi connectivity index (χ4v) is 2.57. The van der Waals surface area contributed by atoms with Crippen molar-refractivity contribution < 1.29 is 0 Å². The Labute approximate surface area is 127 Å². The quantitative estimate of drug-likeness (QED) is 0.811. The minimum absolute atomic E-state index is 0.531. The fourth-order valence-electron chi connectivity index (χ4n) is 2.57. The molecule has 0 bridgehead atoms. The summed E-state index contributed by atoms with van der Waals surface area (Å²) in [5, 5.41) is 7.92. The monoisotopic (exact) mass is 289 g/mol. The third-order valence-electron chi connectivity index (χ3n) is 3.79. The van der Waals surface area contributed by atoms with Gasteiger partial charge in [0, 0.05) is 30.4 Å². The molecule has 2 heterocycles. The van der Waals surface area contributed by atoms with Crippen LogP contribution < -0.4 is 5.32 Å². The number of nitrogens with one attached hydrogen (secondary N) is 1. The molecule has 2 rings (SSSR count). The van der Waals surface area contributed by atoms with E-state index in [1.165, 1.54) is 12.8 Å². The summed E-state index contributed by atoms with van der Waals surface area (Å²) in [7, 11) is 4.28. The van der Waals surface area contributed by atoms with Crippen molar-refractivity contribution in [1.82, 2.24) is 19.5 Å². The molecule has 0 spiro atoms. The molecule has 0 fully saturated rings. The van der Waals surface area contributed by atoms with E-state index in [-0.39, 0.29) is 0 Å². The zero-order valence-corrected chi connectivity index (χ0v) is 13.6. The molecule has 0 saturated heterocycles. The molecule has 0 saturated carbocycles. The van der Waals surface area contributed by atoms with Crippen LogP contribution in [-0.4, -0.2) is 46.2 Å². The Bertz CT molecular complexity index is 561. The molecule has 0 aliphatic rings. The van der Waals surface area contributed by atoms with Crippen molar-refractivity contribution in [3.05, 3.63) is 24.0 Å². The molecule has 0 amide bonds. The smallest absolute Gasteiger partial charge is 0.157 e. The summed E-state index contributed by atoms with van der Waals surface area (Å²) in [5.74, 6) is 1.04. The van der Waals surface area contributed by atoms with Gasteiger partial charge < -0.3 is 10.2 Å². The van der Waals surface area contributed by atoms with E-state index in [4.69, 9.17) is 0 Å². The van der Waals surface area contributed by atoms with Gasteiger partial charge in [-0.15, -0.1) is 0 Å². The Morgan fingerprint density at radius 2 is 2.10 bits per heavy atom. The van der Waals surface area contributed by atoms with Crippen LogP contribution in [-0.2, 0) is 6.42 Å². The largest absolute Gasteiger partial charge is 0.368 e. The van der Waals surface area contributed by atoms with Crippen molar-refractivity contribution >= 4 is 11.5 Å². The number of nitrogens with zero attached hydrogens (tertiary/aromatic N) is 4. The molecule has 0 aromatic carbocycles. The highest BCUT2D eigenvalue weighted by Crippen LogP contribution is 2.14. The van der Waals surface area contributed by atoms with Crippen molar-refractivity contribution in [3.8, 4) is 0 Å². The first kappa shape index (κ1) is 15.8.